The second-order valence-electron chi connectivity index (χ2n) is 3.67. The molecular formula is C13H9N3O. The average molecular weight is 223 g/mol. The highest BCUT2D eigenvalue weighted by atomic mass is 16.1. The molecule has 2 aromatic heterocycles. The third-order valence-electron chi connectivity index (χ3n) is 2.54. The molecule has 0 saturated heterocycles. The summed E-state index contributed by atoms with van der Waals surface area (Å²) in [4.78, 5) is 23.3. The molecule has 3 rings (SSSR count). The summed E-state index contributed by atoms with van der Waals surface area (Å²) in [5, 5.41) is 0. The third-order valence-corrected chi connectivity index (χ3v) is 2.54. The van der Waals surface area contributed by atoms with Gasteiger partial charge in [-0.05, 0) is 6.07 Å². The lowest BCUT2D eigenvalue weighted by molar-refractivity contribution is 0.102. The van der Waals surface area contributed by atoms with Crippen molar-refractivity contribution in [2.75, 3.05) is 0 Å². The lowest BCUT2D eigenvalue weighted by atomic mass is 10.1. The van der Waals surface area contributed by atoms with Gasteiger partial charge in [-0.15, -0.1) is 0 Å². The van der Waals surface area contributed by atoms with Crippen LogP contribution in [0.3, 0.4) is 0 Å². The molecule has 0 spiro atoms. The van der Waals surface area contributed by atoms with E-state index < -0.39 is 0 Å². The molecule has 4 heteroatoms. The maximum Gasteiger partial charge on any atom is 0.230 e. The van der Waals surface area contributed by atoms with Crippen LogP contribution in [0.5, 0.6) is 0 Å². The number of carbonyl (C=O) groups excluding carboxylic acids is 1. The van der Waals surface area contributed by atoms with Crippen LogP contribution < -0.4 is 0 Å². The van der Waals surface area contributed by atoms with Crippen LogP contribution in [-0.4, -0.2) is 20.7 Å². The number of benzene rings is 1. The molecule has 0 aliphatic carbocycles. The van der Waals surface area contributed by atoms with Crippen molar-refractivity contribution in [3.63, 3.8) is 0 Å². The van der Waals surface area contributed by atoms with Crippen molar-refractivity contribution in [3.05, 3.63) is 60.2 Å². The summed E-state index contributed by atoms with van der Waals surface area (Å²) in [6.07, 6.45) is 3.40. The summed E-state index contributed by atoms with van der Waals surface area (Å²) in [7, 11) is 0. The highest BCUT2D eigenvalue weighted by molar-refractivity contribution is 6.07. The Morgan fingerprint density at radius 1 is 1.12 bits per heavy atom. The number of aromatic amines is 1. The Hall–Kier alpha value is -2.49. The van der Waals surface area contributed by atoms with Gasteiger partial charge < -0.3 is 4.98 Å². The maximum absolute atomic E-state index is 12.1. The smallest absolute Gasteiger partial charge is 0.230 e. The highest BCUT2D eigenvalue weighted by Gasteiger charge is 2.12. The van der Waals surface area contributed by atoms with Crippen molar-refractivity contribution in [1.82, 2.24) is 15.0 Å². The Kier molecular flexibility index (Phi) is 2.19. The summed E-state index contributed by atoms with van der Waals surface area (Å²) >= 11 is 0. The van der Waals surface area contributed by atoms with E-state index in [1.807, 2.05) is 24.3 Å². The van der Waals surface area contributed by atoms with Gasteiger partial charge in [-0.25, -0.2) is 9.97 Å². The zero-order valence-corrected chi connectivity index (χ0v) is 8.92. The Bertz CT molecular complexity index is 673. The van der Waals surface area contributed by atoms with Gasteiger partial charge in [0.15, 0.2) is 0 Å². The fourth-order valence-electron chi connectivity index (χ4n) is 1.67. The molecule has 0 aliphatic heterocycles. The van der Waals surface area contributed by atoms with E-state index in [1.165, 1.54) is 0 Å². The first-order chi connectivity index (χ1) is 8.34. The molecule has 0 aliphatic rings. The molecule has 0 radical (unpaired) electrons. The molecule has 2 heterocycles. The molecule has 0 atom stereocenters. The summed E-state index contributed by atoms with van der Waals surface area (Å²) in [6.45, 7) is 0. The second kappa shape index (κ2) is 3.83. The van der Waals surface area contributed by atoms with Gasteiger partial charge in [-0.1, -0.05) is 30.3 Å². The van der Waals surface area contributed by atoms with E-state index in [-0.39, 0.29) is 11.6 Å². The molecule has 1 N–H and O–H groups in total. The number of hydrogen-bond donors (Lipinski definition) is 1. The standard InChI is InChI=1S/C13H9N3O/c17-12(9-4-2-1-3-5-9)13-15-8-11-10(16-13)6-7-14-11/h1-8,14H. The molecule has 0 saturated carbocycles. The van der Waals surface area contributed by atoms with E-state index >= 15 is 0 Å². The zero-order chi connectivity index (χ0) is 11.7. The minimum absolute atomic E-state index is 0.159. The first-order valence-corrected chi connectivity index (χ1v) is 5.24. The van der Waals surface area contributed by atoms with Crippen molar-refractivity contribution >= 4 is 16.8 Å². The lowest BCUT2D eigenvalue weighted by Crippen LogP contribution is -2.06. The van der Waals surface area contributed by atoms with Crippen LogP contribution in [-0.2, 0) is 0 Å². The van der Waals surface area contributed by atoms with Crippen LogP contribution in [0.1, 0.15) is 16.2 Å². The van der Waals surface area contributed by atoms with Crippen LogP contribution in [0.2, 0.25) is 0 Å². The Balaban J connectivity index is 2.06. The van der Waals surface area contributed by atoms with Crippen molar-refractivity contribution in [1.29, 1.82) is 0 Å². The molecule has 0 fully saturated rings. The number of H-pyrrole nitrogens is 1. The summed E-state index contributed by atoms with van der Waals surface area (Å²) < 4.78 is 0. The molecule has 0 amide bonds. The molecule has 17 heavy (non-hydrogen) atoms. The number of nitrogens with one attached hydrogen (secondary N) is 1. The normalized spacial score (nSPS) is 10.6. The molecular weight excluding hydrogens is 214 g/mol. The number of ketones is 1. The summed E-state index contributed by atoms with van der Waals surface area (Å²) in [6, 6.07) is 10.8. The van der Waals surface area contributed by atoms with E-state index in [1.54, 1.807) is 24.5 Å². The Morgan fingerprint density at radius 2 is 1.94 bits per heavy atom. The van der Waals surface area contributed by atoms with Gasteiger partial charge in [0.05, 0.1) is 17.2 Å². The monoisotopic (exact) mass is 223 g/mol. The van der Waals surface area contributed by atoms with E-state index in [0.29, 0.717) is 5.56 Å². The van der Waals surface area contributed by atoms with Crippen LogP contribution in [0, 0.1) is 0 Å². The van der Waals surface area contributed by atoms with Crippen molar-refractivity contribution in [2.24, 2.45) is 0 Å². The highest BCUT2D eigenvalue weighted by Crippen LogP contribution is 2.10. The van der Waals surface area contributed by atoms with Crippen LogP contribution >= 0.6 is 0 Å². The van der Waals surface area contributed by atoms with Gasteiger partial charge >= 0.3 is 0 Å². The molecule has 3 aromatic rings. The minimum atomic E-state index is -0.159. The van der Waals surface area contributed by atoms with E-state index in [9.17, 15) is 4.79 Å². The number of aromatic nitrogens is 3. The van der Waals surface area contributed by atoms with E-state index in [4.69, 9.17) is 0 Å². The third kappa shape index (κ3) is 1.69. The van der Waals surface area contributed by atoms with Gasteiger partial charge in [0, 0.05) is 11.8 Å². The zero-order valence-electron chi connectivity index (χ0n) is 8.92. The van der Waals surface area contributed by atoms with Crippen LogP contribution in [0.25, 0.3) is 11.0 Å². The van der Waals surface area contributed by atoms with Crippen LogP contribution in [0.15, 0.2) is 48.8 Å². The fraction of sp³-hybridized carbons (Fsp3) is 0. The Morgan fingerprint density at radius 3 is 2.76 bits per heavy atom. The number of carbonyl (C=O) groups is 1. The lowest BCUT2D eigenvalue weighted by Gasteiger charge is -1.99. The van der Waals surface area contributed by atoms with Crippen molar-refractivity contribution in [3.8, 4) is 0 Å². The van der Waals surface area contributed by atoms with Gasteiger partial charge in [-0.2, -0.15) is 0 Å². The quantitative estimate of drug-likeness (QED) is 0.677. The largest absolute Gasteiger partial charge is 0.359 e. The maximum atomic E-state index is 12.1. The molecule has 0 bridgehead atoms. The summed E-state index contributed by atoms with van der Waals surface area (Å²) in [5.41, 5.74) is 2.18. The molecule has 0 unspecified atom stereocenters. The van der Waals surface area contributed by atoms with Crippen molar-refractivity contribution < 1.29 is 4.79 Å². The summed E-state index contributed by atoms with van der Waals surface area (Å²) in [5.74, 6) is 0.0667. The number of fused-ring (bicyclic) bond motifs is 1. The van der Waals surface area contributed by atoms with Gasteiger partial charge in [0.25, 0.3) is 0 Å². The number of nitrogens with zero attached hydrogens (tertiary/aromatic N) is 2. The van der Waals surface area contributed by atoms with Gasteiger partial charge in [-0.3, -0.25) is 4.79 Å². The SMILES string of the molecule is O=C(c1ccccc1)c1ncc2[nH]ccc2n1. The van der Waals surface area contributed by atoms with Gasteiger partial charge in [0.1, 0.15) is 0 Å². The topological polar surface area (TPSA) is 58.6 Å². The van der Waals surface area contributed by atoms with Crippen LogP contribution in [0.4, 0.5) is 0 Å². The first kappa shape index (κ1) is 9.72. The first-order valence-electron chi connectivity index (χ1n) is 5.24. The van der Waals surface area contributed by atoms with E-state index in [2.05, 4.69) is 15.0 Å². The minimum Gasteiger partial charge on any atom is -0.359 e. The predicted octanol–water partition coefficient (Wildman–Crippen LogP) is 2.19. The van der Waals surface area contributed by atoms with Gasteiger partial charge in [0.2, 0.25) is 11.6 Å². The van der Waals surface area contributed by atoms with E-state index in [0.717, 1.165) is 11.0 Å². The molecule has 1 aromatic carbocycles. The molecule has 82 valence electrons. The number of rotatable bonds is 2. The average Bonchev–Trinajstić information content (AvgIpc) is 2.86. The Labute approximate surface area is 97.3 Å². The predicted molar refractivity (Wildman–Crippen MR) is 63.8 cm³/mol. The fourth-order valence-corrected chi connectivity index (χ4v) is 1.67. The second-order valence-corrected chi connectivity index (χ2v) is 3.67. The molecule has 4 nitrogen and oxygen atoms in total. The van der Waals surface area contributed by atoms with Crippen molar-refractivity contribution in [2.45, 2.75) is 0 Å². The number of hydrogen-bond acceptors (Lipinski definition) is 3.